The third-order valence-corrected chi connectivity index (χ3v) is 3.18. The van der Waals surface area contributed by atoms with Crippen LogP contribution in [-0.4, -0.2) is 21.7 Å². The molecule has 0 saturated heterocycles. The van der Waals surface area contributed by atoms with Crippen molar-refractivity contribution in [2.45, 2.75) is 0 Å². The molecular weight excluding hydrogens is 294 g/mol. The fraction of sp³-hybridized carbons (Fsp3) is 0.0769. The Balaban J connectivity index is 2.28. The molecule has 3 aromatic rings. The summed E-state index contributed by atoms with van der Waals surface area (Å²) in [4.78, 5) is 0. The van der Waals surface area contributed by atoms with E-state index in [1.165, 1.54) is 0 Å². The largest absolute Gasteiger partial charge is 0.496 e. The van der Waals surface area contributed by atoms with Crippen LogP contribution in [0.25, 0.3) is 17.0 Å². The summed E-state index contributed by atoms with van der Waals surface area (Å²) in [7, 11) is 1.65. The molecule has 0 fully saturated rings. The van der Waals surface area contributed by atoms with E-state index < -0.39 is 0 Å². The minimum atomic E-state index is 0.767. The van der Waals surface area contributed by atoms with Crippen LogP contribution in [-0.2, 0) is 0 Å². The zero-order valence-corrected chi connectivity index (χ0v) is 11.3. The zero-order valence-electron chi connectivity index (χ0n) is 9.67. The van der Waals surface area contributed by atoms with Crippen LogP contribution in [0.4, 0.5) is 0 Å². The smallest absolute Gasteiger partial charge is 0.172 e. The lowest BCUT2D eigenvalue weighted by Crippen LogP contribution is -1.93. The van der Waals surface area contributed by atoms with E-state index in [0.717, 1.165) is 27.3 Å². The van der Waals surface area contributed by atoms with E-state index in [2.05, 4.69) is 26.1 Å². The number of nitrogens with zero attached hydrogens (tertiary/aromatic N) is 3. The number of hydrogen-bond donors (Lipinski definition) is 0. The van der Waals surface area contributed by atoms with Gasteiger partial charge in [-0.25, -0.2) is 0 Å². The number of hydrogen-bond acceptors (Lipinski definition) is 3. The molecule has 4 nitrogen and oxygen atoms in total. The number of aromatic nitrogens is 3. The first-order valence-corrected chi connectivity index (χ1v) is 6.22. The van der Waals surface area contributed by atoms with Gasteiger partial charge in [0.05, 0.1) is 12.7 Å². The normalized spacial score (nSPS) is 10.8. The number of rotatable bonds is 2. The van der Waals surface area contributed by atoms with Gasteiger partial charge >= 0.3 is 0 Å². The third-order valence-electron chi connectivity index (χ3n) is 2.71. The predicted molar refractivity (Wildman–Crippen MR) is 72.7 cm³/mol. The summed E-state index contributed by atoms with van der Waals surface area (Å²) in [5.41, 5.74) is 1.73. The molecule has 2 aromatic heterocycles. The van der Waals surface area contributed by atoms with Crippen molar-refractivity contribution in [3.8, 4) is 17.1 Å². The molecule has 0 unspecified atom stereocenters. The molecule has 0 amide bonds. The van der Waals surface area contributed by atoms with Gasteiger partial charge in [0.25, 0.3) is 0 Å². The summed E-state index contributed by atoms with van der Waals surface area (Å²) in [5, 5.41) is 8.38. The molecule has 18 heavy (non-hydrogen) atoms. The summed E-state index contributed by atoms with van der Waals surface area (Å²) in [6.45, 7) is 0. The lowest BCUT2D eigenvalue weighted by molar-refractivity contribution is 0.416. The summed E-state index contributed by atoms with van der Waals surface area (Å²) < 4.78 is 8.27. The quantitative estimate of drug-likeness (QED) is 0.730. The minimum Gasteiger partial charge on any atom is -0.496 e. The average Bonchev–Trinajstić information content (AvgIpc) is 2.81. The summed E-state index contributed by atoms with van der Waals surface area (Å²) in [5.74, 6) is 1.55. The van der Waals surface area contributed by atoms with Crippen LogP contribution in [0.1, 0.15) is 0 Å². The fourth-order valence-corrected chi connectivity index (χ4v) is 2.21. The van der Waals surface area contributed by atoms with Gasteiger partial charge < -0.3 is 4.74 Å². The highest BCUT2D eigenvalue weighted by Crippen LogP contribution is 2.28. The molecular formula is C13H10BrN3O. The third kappa shape index (κ3) is 1.76. The number of para-hydroxylation sites is 1. The maximum Gasteiger partial charge on any atom is 0.172 e. The average molecular weight is 304 g/mol. The molecule has 0 bridgehead atoms. The molecule has 0 atom stereocenters. The summed E-state index contributed by atoms with van der Waals surface area (Å²) >= 11 is 3.45. The van der Waals surface area contributed by atoms with Crippen molar-refractivity contribution in [1.82, 2.24) is 14.6 Å². The minimum absolute atomic E-state index is 0.767. The molecule has 0 N–H and O–H groups in total. The van der Waals surface area contributed by atoms with E-state index in [-0.39, 0.29) is 0 Å². The van der Waals surface area contributed by atoms with Crippen molar-refractivity contribution in [2.75, 3.05) is 7.11 Å². The van der Waals surface area contributed by atoms with Gasteiger partial charge in [-0.05, 0) is 40.2 Å². The molecule has 5 heteroatoms. The molecule has 0 aliphatic heterocycles. The zero-order chi connectivity index (χ0) is 12.5. The maximum atomic E-state index is 5.36. The van der Waals surface area contributed by atoms with Gasteiger partial charge in [-0.15, -0.1) is 10.2 Å². The molecule has 90 valence electrons. The van der Waals surface area contributed by atoms with E-state index in [9.17, 15) is 0 Å². The SMILES string of the molecule is COc1ccccc1-c1nnc2ccc(Br)cn12. The Bertz CT molecular complexity index is 708. The number of benzene rings is 1. The lowest BCUT2D eigenvalue weighted by atomic mass is 10.2. The van der Waals surface area contributed by atoms with E-state index in [0.29, 0.717) is 0 Å². The first kappa shape index (κ1) is 11.2. The van der Waals surface area contributed by atoms with Crippen LogP contribution in [0.15, 0.2) is 47.1 Å². The molecule has 0 aliphatic carbocycles. The Morgan fingerprint density at radius 3 is 2.78 bits per heavy atom. The van der Waals surface area contributed by atoms with Crippen LogP contribution >= 0.6 is 15.9 Å². The van der Waals surface area contributed by atoms with Crippen molar-refractivity contribution in [1.29, 1.82) is 0 Å². The first-order chi connectivity index (χ1) is 8.79. The van der Waals surface area contributed by atoms with E-state index in [1.807, 2.05) is 47.0 Å². The van der Waals surface area contributed by atoms with Crippen LogP contribution in [0.5, 0.6) is 5.75 Å². The van der Waals surface area contributed by atoms with Crippen LogP contribution in [0.2, 0.25) is 0 Å². The molecule has 0 spiro atoms. The Labute approximate surface area is 112 Å². The highest BCUT2D eigenvalue weighted by atomic mass is 79.9. The van der Waals surface area contributed by atoms with Crippen molar-refractivity contribution < 1.29 is 4.74 Å². The molecule has 1 aromatic carbocycles. The first-order valence-electron chi connectivity index (χ1n) is 5.43. The van der Waals surface area contributed by atoms with Crippen LogP contribution in [0.3, 0.4) is 0 Å². The molecule has 3 rings (SSSR count). The van der Waals surface area contributed by atoms with Gasteiger partial charge in [0.1, 0.15) is 5.75 Å². The summed E-state index contributed by atoms with van der Waals surface area (Å²) in [6, 6.07) is 11.6. The van der Waals surface area contributed by atoms with E-state index in [1.54, 1.807) is 7.11 Å². The Kier molecular flexibility index (Phi) is 2.76. The number of methoxy groups -OCH3 is 1. The van der Waals surface area contributed by atoms with Crippen molar-refractivity contribution in [3.63, 3.8) is 0 Å². The van der Waals surface area contributed by atoms with Gasteiger partial charge in [0.15, 0.2) is 11.5 Å². The predicted octanol–water partition coefficient (Wildman–Crippen LogP) is 3.17. The van der Waals surface area contributed by atoms with Crippen molar-refractivity contribution in [2.24, 2.45) is 0 Å². The second kappa shape index (κ2) is 4.42. The highest BCUT2D eigenvalue weighted by molar-refractivity contribution is 9.10. The molecule has 0 saturated carbocycles. The number of ether oxygens (including phenoxy) is 1. The van der Waals surface area contributed by atoms with E-state index >= 15 is 0 Å². The van der Waals surface area contributed by atoms with Gasteiger partial charge in [-0.1, -0.05) is 12.1 Å². The Morgan fingerprint density at radius 2 is 1.94 bits per heavy atom. The maximum absolute atomic E-state index is 5.36. The highest BCUT2D eigenvalue weighted by Gasteiger charge is 2.12. The van der Waals surface area contributed by atoms with E-state index in [4.69, 9.17) is 4.74 Å². The monoisotopic (exact) mass is 303 g/mol. The van der Waals surface area contributed by atoms with Crippen LogP contribution < -0.4 is 4.74 Å². The van der Waals surface area contributed by atoms with Crippen molar-refractivity contribution >= 4 is 21.6 Å². The van der Waals surface area contributed by atoms with Crippen molar-refractivity contribution in [3.05, 3.63) is 47.1 Å². The second-order valence-corrected chi connectivity index (χ2v) is 4.72. The standard InChI is InChI=1S/C13H10BrN3O/c1-18-11-5-3-2-4-10(11)13-16-15-12-7-6-9(14)8-17(12)13/h2-8H,1H3. The molecule has 2 heterocycles. The molecule has 0 radical (unpaired) electrons. The van der Waals surface area contributed by atoms with Gasteiger partial charge in [0, 0.05) is 10.7 Å². The second-order valence-electron chi connectivity index (χ2n) is 3.80. The number of fused-ring (bicyclic) bond motifs is 1. The molecule has 0 aliphatic rings. The Hall–Kier alpha value is -1.88. The summed E-state index contributed by atoms with van der Waals surface area (Å²) in [6.07, 6.45) is 1.94. The van der Waals surface area contributed by atoms with Gasteiger partial charge in [0.2, 0.25) is 0 Å². The topological polar surface area (TPSA) is 39.4 Å². The number of halogens is 1. The fourth-order valence-electron chi connectivity index (χ4n) is 1.88. The van der Waals surface area contributed by atoms with Gasteiger partial charge in [-0.2, -0.15) is 0 Å². The van der Waals surface area contributed by atoms with Crippen LogP contribution in [0, 0.1) is 0 Å². The number of pyridine rings is 1. The Morgan fingerprint density at radius 1 is 1.11 bits per heavy atom. The lowest BCUT2D eigenvalue weighted by Gasteiger charge is -2.06. The van der Waals surface area contributed by atoms with Gasteiger partial charge in [-0.3, -0.25) is 4.40 Å².